The molecule has 0 spiro atoms. The van der Waals surface area contributed by atoms with E-state index in [0.29, 0.717) is 13.0 Å². The van der Waals surface area contributed by atoms with Crippen LogP contribution >= 0.6 is 0 Å². The Bertz CT molecular complexity index is 382. The van der Waals surface area contributed by atoms with E-state index < -0.39 is 0 Å². The van der Waals surface area contributed by atoms with Gasteiger partial charge in [-0.25, -0.2) is 4.79 Å². The fourth-order valence-corrected chi connectivity index (χ4v) is 3.00. The molecule has 6 heteroatoms. The monoisotopic (exact) mass is 356 g/mol. The summed E-state index contributed by atoms with van der Waals surface area (Å²) in [7, 11) is 0. The van der Waals surface area contributed by atoms with Gasteiger partial charge in [0.15, 0.2) is 0 Å². The number of rotatable bonds is 12. The number of alkyl carbamates (subject to hydrolysis) is 1. The van der Waals surface area contributed by atoms with Crippen LogP contribution in [0.4, 0.5) is 4.79 Å². The average Bonchev–Trinajstić information content (AvgIpc) is 3.05. The van der Waals surface area contributed by atoms with Crippen LogP contribution in [-0.4, -0.2) is 55.3 Å². The second kappa shape index (κ2) is 13.0. The smallest absolute Gasteiger partial charge is 0.407 e. The maximum Gasteiger partial charge on any atom is 0.407 e. The number of carbonyl (C=O) groups is 2. The van der Waals surface area contributed by atoms with E-state index in [-0.39, 0.29) is 30.7 Å². The van der Waals surface area contributed by atoms with Crippen molar-refractivity contribution in [2.45, 2.75) is 84.3 Å². The van der Waals surface area contributed by atoms with Crippen LogP contribution in [0, 0.1) is 0 Å². The minimum Gasteiger partial charge on any atom is -0.463 e. The summed E-state index contributed by atoms with van der Waals surface area (Å²) in [5.41, 5.74) is 0. The fourth-order valence-electron chi connectivity index (χ4n) is 3.00. The van der Waals surface area contributed by atoms with Crippen molar-refractivity contribution in [3.05, 3.63) is 0 Å². The number of hydrogen-bond donors (Lipinski definition) is 1. The average molecular weight is 357 g/mol. The lowest BCUT2D eigenvalue weighted by atomic mass is 10.1. The second-order valence-corrected chi connectivity index (χ2v) is 7.08. The SMILES string of the molecule is CCCCCC(CCC(=O)OC(C)C)OC(=O)NCCN1CCCC1. The molecular weight excluding hydrogens is 320 g/mol. The molecule has 1 amide bonds. The summed E-state index contributed by atoms with van der Waals surface area (Å²) < 4.78 is 10.7. The predicted molar refractivity (Wildman–Crippen MR) is 98.5 cm³/mol. The summed E-state index contributed by atoms with van der Waals surface area (Å²) in [6.07, 6.45) is 6.61. The van der Waals surface area contributed by atoms with Gasteiger partial charge in [-0.3, -0.25) is 4.79 Å². The van der Waals surface area contributed by atoms with Gasteiger partial charge in [0.2, 0.25) is 0 Å². The summed E-state index contributed by atoms with van der Waals surface area (Å²) in [5.74, 6) is -0.228. The molecule has 0 bridgehead atoms. The molecule has 0 aliphatic carbocycles. The van der Waals surface area contributed by atoms with E-state index >= 15 is 0 Å². The molecule has 0 saturated carbocycles. The molecule has 1 saturated heterocycles. The molecule has 0 aromatic rings. The van der Waals surface area contributed by atoms with Crippen molar-refractivity contribution in [2.75, 3.05) is 26.2 Å². The molecule has 0 radical (unpaired) electrons. The lowest BCUT2D eigenvalue weighted by molar-refractivity contribution is -0.148. The van der Waals surface area contributed by atoms with Crippen molar-refractivity contribution in [2.24, 2.45) is 0 Å². The molecule has 1 N–H and O–H groups in total. The highest BCUT2D eigenvalue weighted by Crippen LogP contribution is 2.14. The molecule has 1 atom stereocenters. The third kappa shape index (κ3) is 11.0. The van der Waals surface area contributed by atoms with Crippen LogP contribution in [0.2, 0.25) is 0 Å². The van der Waals surface area contributed by atoms with E-state index in [9.17, 15) is 9.59 Å². The van der Waals surface area contributed by atoms with Gasteiger partial charge < -0.3 is 19.7 Å². The van der Waals surface area contributed by atoms with Crippen molar-refractivity contribution in [1.29, 1.82) is 0 Å². The maximum absolute atomic E-state index is 12.0. The molecule has 1 unspecified atom stereocenters. The zero-order valence-corrected chi connectivity index (χ0v) is 16.2. The lowest BCUT2D eigenvalue weighted by Crippen LogP contribution is -2.35. The van der Waals surface area contributed by atoms with Crippen LogP contribution in [0.5, 0.6) is 0 Å². The van der Waals surface area contributed by atoms with Gasteiger partial charge in [-0.1, -0.05) is 19.8 Å². The number of unbranched alkanes of at least 4 members (excludes halogenated alkanes) is 2. The van der Waals surface area contributed by atoms with E-state index in [0.717, 1.165) is 45.3 Å². The van der Waals surface area contributed by atoms with E-state index in [4.69, 9.17) is 9.47 Å². The first-order valence-electron chi connectivity index (χ1n) is 9.87. The second-order valence-electron chi connectivity index (χ2n) is 7.08. The number of hydrogen-bond acceptors (Lipinski definition) is 5. The van der Waals surface area contributed by atoms with E-state index in [2.05, 4.69) is 17.1 Å². The highest BCUT2D eigenvalue weighted by molar-refractivity contribution is 5.70. The molecule has 1 heterocycles. The number of likely N-dealkylation sites (tertiary alicyclic amines) is 1. The molecule has 1 aliphatic rings. The minimum absolute atomic E-state index is 0.110. The number of amides is 1. The van der Waals surface area contributed by atoms with Crippen LogP contribution in [0.25, 0.3) is 0 Å². The minimum atomic E-state index is -0.377. The van der Waals surface area contributed by atoms with E-state index in [1.54, 1.807) is 0 Å². The van der Waals surface area contributed by atoms with Crippen LogP contribution in [-0.2, 0) is 14.3 Å². The molecule has 146 valence electrons. The quantitative estimate of drug-likeness (QED) is 0.428. The molecule has 1 aliphatic heterocycles. The Kier molecular flexibility index (Phi) is 11.3. The fraction of sp³-hybridized carbons (Fsp3) is 0.895. The van der Waals surface area contributed by atoms with Gasteiger partial charge >= 0.3 is 12.1 Å². The summed E-state index contributed by atoms with van der Waals surface area (Å²) in [5, 5.41) is 2.83. The molecular formula is C19H36N2O4. The van der Waals surface area contributed by atoms with Crippen molar-refractivity contribution in [3.8, 4) is 0 Å². The molecule has 1 rings (SSSR count). The third-order valence-corrected chi connectivity index (χ3v) is 4.34. The van der Waals surface area contributed by atoms with E-state index in [1.165, 1.54) is 12.8 Å². The van der Waals surface area contributed by atoms with Gasteiger partial charge in [0.1, 0.15) is 6.10 Å². The highest BCUT2D eigenvalue weighted by Gasteiger charge is 2.17. The number of nitrogens with one attached hydrogen (secondary N) is 1. The van der Waals surface area contributed by atoms with Gasteiger partial charge in [0.05, 0.1) is 6.10 Å². The van der Waals surface area contributed by atoms with Crippen molar-refractivity contribution < 1.29 is 19.1 Å². The molecule has 25 heavy (non-hydrogen) atoms. The van der Waals surface area contributed by atoms with Crippen molar-refractivity contribution in [1.82, 2.24) is 10.2 Å². The Balaban J connectivity index is 2.29. The number of nitrogens with zero attached hydrogens (tertiary/aromatic N) is 1. The Hall–Kier alpha value is -1.30. The lowest BCUT2D eigenvalue weighted by Gasteiger charge is -2.19. The first-order chi connectivity index (χ1) is 12.0. The molecule has 0 aromatic heterocycles. The predicted octanol–water partition coefficient (Wildman–Crippen LogP) is 3.49. The van der Waals surface area contributed by atoms with Crippen LogP contribution in [0.3, 0.4) is 0 Å². The molecule has 6 nitrogen and oxygen atoms in total. The van der Waals surface area contributed by atoms with Crippen LogP contribution < -0.4 is 5.32 Å². The van der Waals surface area contributed by atoms with Gasteiger partial charge in [0.25, 0.3) is 0 Å². The highest BCUT2D eigenvalue weighted by atomic mass is 16.6. The molecule has 1 fully saturated rings. The summed E-state index contributed by atoms with van der Waals surface area (Å²) in [4.78, 5) is 26.1. The van der Waals surface area contributed by atoms with Crippen molar-refractivity contribution in [3.63, 3.8) is 0 Å². The summed E-state index contributed by atoms with van der Waals surface area (Å²) in [6, 6.07) is 0. The first-order valence-corrected chi connectivity index (χ1v) is 9.87. The zero-order chi connectivity index (χ0) is 18.5. The van der Waals surface area contributed by atoms with Gasteiger partial charge in [-0.05, 0) is 59.0 Å². The number of esters is 1. The number of carbonyl (C=O) groups excluding carboxylic acids is 2. The van der Waals surface area contributed by atoms with E-state index in [1.807, 2.05) is 13.8 Å². The Morgan fingerprint density at radius 2 is 1.80 bits per heavy atom. The zero-order valence-electron chi connectivity index (χ0n) is 16.2. The van der Waals surface area contributed by atoms with Crippen LogP contribution in [0.15, 0.2) is 0 Å². The largest absolute Gasteiger partial charge is 0.463 e. The third-order valence-electron chi connectivity index (χ3n) is 4.34. The first kappa shape index (κ1) is 21.7. The number of ether oxygens (including phenoxy) is 2. The normalized spacial score (nSPS) is 16.0. The summed E-state index contributed by atoms with van der Waals surface area (Å²) >= 11 is 0. The van der Waals surface area contributed by atoms with Crippen molar-refractivity contribution >= 4 is 12.1 Å². The Labute approximate surface area is 152 Å². The topological polar surface area (TPSA) is 67.9 Å². The van der Waals surface area contributed by atoms with Gasteiger partial charge in [-0.15, -0.1) is 0 Å². The van der Waals surface area contributed by atoms with Crippen LogP contribution in [0.1, 0.15) is 72.1 Å². The Morgan fingerprint density at radius 3 is 2.44 bits per heavy atom. The Morgan fingerprint density at radius 1 is 1.08 bits per heavy atom. The van der Waals surface area contributed by atoms with Gasteiger partial charge in [0, 0.05) is 19.5 Å². The maximum atomic E-state index is 12.0. The molecule has 0 aromatic carbocycles. The summed E-state index contributed by atoms with van der Waals surface area (Å²) in [6.45, 7) is 9.53. The van der Waals surface area contributed by atoms with Gasteiger partial charge in [-0.2, -0.15) is 0 Å². The standard InChI is InChI=1S/C19H36N2O4/c1-4-5-6-9-17(10-11-18(22)24-16(2)3)25-19(23)20-12-15-21-13-7-8-14-21/h16-17H,4-15H2,1-3H3,(H,20,23).